The van der Waals surface area contributed by atoms with Crippen molar-refractivity contribution in [2.24, 2.45) is 0 Å². The molecular formula is C7H10O5. The van der Waals surface area contributed by atoms with Crippen LogP contribution in [0.1, 0.15) is 6.92 Å². The lowest BCUT2D eigenvalue weighted by Crippen LogP contribution is -2.22. The van der Waals surface area contributed by atoms with Gasteiger partial charge in [0.25, 0.3) is 0 Å². The standard InChI is InChI=1S/C7H10O5/c1-4(6(8)9)12-5(2)7(10)11-3/h4H,2H2,1,3H3,(H,8,9). The van der Waals surface area contributed by atoms with E-state index in [1.165, 1.54) is 6.92 Å². The fourth-order valence-electron chi connectivity index (χ4n) is 0.426. The third-order valence-electron chi connectivity index (χ3n) is 1.08. The maximum Gasteiger partial charge on any atom is 0.372 e. The average Bonchev–Trinajstić information content (AvgIpc) is 2.02. The van der Waals surface area contributed by atoms with Gasteiger partial charge in [0, 0.05) is 0 Å². The third kappa shape index (κ3) is 3.05. The average molecular weight is 174 g/mol. The molecule has 1 atom stereocenters. The van der Waals surface area contributed by atoms with E-state index in [2.05, 4.69) is 16.1 Å². The number of carbonyl (C=O) groups excluding carboxylic acids is 1. The van der Waals surface area contributed by atoms with Gasteiger partial charge in [-0.1, -0.05) is 0 Å². The van der Waals surface area contributed by atoms with E-state index in [0.717, 1.165) is 7.11 Å². The fourth-order valence-corrected chi connectivity index (χ4v) is 0.426. The molecule has 1 N–H and O–H groups in total. The minimum atomic E-state index is -1.17. The number of esters is 1. The third-order valence-corrected chi connectivity index (χ3v) is 1.08. The van der Waals surface area contributed by atoms with E-state index in [0.29, 0.717) is 0 Å². The molecule has 5 heteroatoms. The minimum Gasteiger partial charge on any atom is -0.479 e. The Labute approximate surface area is 69.6 Å². The van der Waals surface area contributed by atoms with Crippen LogP contribution in [-0.4, -0.2) is 30.3 Å². The van der Waals surface area contributed by atoms with Crippen molar-refractivity contribution in [1.29, 1.82) is 0 Å². The molecule has 0 saturated carbocycles. The molecule has 0 radical (unpaired) electrons. The van der Waals surface area contributed by atoms with Crippen LogP contribution >= 0.6 is 0 Å². The topological polar surface area (TPSA) is 72.8 Å². The molecule has 0 fully saturated rings. The first-order valence-electron chi connectivity index (χ1n) is 3.15. The number of methoxy groups -OCH3 is 1. The Morgan fingerprint density at radius 2 is 2.00 bits per heavy atom. The van der Waals surface area contributed by atoms with Gasteiger partial charge >= 0.3 is 11.9 Å². The van der Waals surface area contributed by atoms with Crippen LogP contribution in [0.15, 0.2) is 12.3 Å². The summed E-state index contributed by atoms with van der Waals surface area (Å²) in [5, 5.41) is 8.37. The molecule has 0 aromatic heterocycles. The molecule has 0 aliphatic heterocycles. The van der Waals surface area contributed by atoms with Crippen LogP contribution < -0.4 is 0 Å². The second-order valence-electron chi connectivity index (χ2n) is 2.01. The summed E-state index contributed by atoms with van der Waals surface area (Å²) >= 11 is 0. The van der Waals surface area contributed by atoms with Gasteiger partial charge in [-0.2, -0.15) is 0 Å². The lowest BCUT2D eigenvalue weighted by molar-refractivity contribution is -0.150. The van der Waals surface area contributed by atoms with Crippen molar-refractivity contribution >= 4 is 11.9 Å². The molecule has 0 aliphatic carbocycles. The normalized spacial score (nSPS) is 11.5. The fraction of sp³-hybridized carbons (Fsp3) is 0.429. The van der Waals surface area contributed by atoms with Gasteiger partial charge < -0.3 is 14.6 Å². The van der Waals surface area contributed by atoms with Gasteiger partial charge in [0.05, 0.1) is 7.11 Å². The van der Waals surface area contributed by atoms with E-state index in [-0.39, 0.29) is 5.76 Å². The molecule has 0 rings (SSSR count). The first-order chi connectivity index (χ1) is 5.49. The van der Waals surface area contributed by atoms with E-state index in [1.807, 2.05) is 0 Å². The number of aliphatic carboxylic acids is 1. The molecule has 0 spiro atoms. The molecule has 0 aromatic carbocycles. The van der Waals surface area contributed by atoms with Gasteiger partial charge in [-0.25, -0.2) is 9.59 Å². The number of ether oxygens (including phenoxy) is 2. The molecule has 5 nitrogen and oxygen atoms in total. The van der Waals surface area contributed by atoms with E-state index < -0.39 is 18.0 Å². The summed E-state index contributed by atoms with van der Waals surface area (Å²) in [6.45, 7) is 4.48. The van der Waals surface area contributed by atoms with Crippen LogP contribution in [0, 0.1) is 0 Å². The molecule has 0 aromatic rings. The summed E-state index contributed by atoms with van der Waals surface area (Å²) in [5.74, 6) is -2.25. The molecule has 0 aliphatic rings. The highest BCUT2D eigenvalue weighted by atomic mass is 16.6. The van der Waals surface area contributed by atoms with Crippen molar-refractivity contribution in [2.45, 2.75) is 13.0 Å². The molecule has 0 heterocycles. The summed E-state index contributed by atoms with van der Waals surface area (Å²) in [7, 11) is 1.16. The molecular weight excluding hydrogens is 164 g/mol. The number of carboxylic acids is 1. The Morgan fingerprint density at radius 1 is 1.50 bits per heavy atom. The lowest BCUT2D eigenvalue weighted by atomic mass is 10.4. The van der Waals surface area contributed by atoms with Crippen LogP contribution in [0.25, 0.3) is 0 Å². The van der Waals surface area contributed by atoms with Crippen molar-refractivity contribution in [3.05, 3.63) is 12.3 Å². The number of carboxylic acid groups (broad SMARTS) is 1. The Kier molecular flexibility index (Phi) is 3.82. The first kappa shape index (κ1) is 10.5. The van der Waals surface area contributed by atoms with Gasteiger partial charge in [-0.15, -0.1) is 0 Å². The zero-order chi connectivity index (χ0) is 9.72. The highest BCUT2D eigenvalue weighted by Gasteiger charge is 2.17. The van der Waals surface area contributed by atoms with E-state index >= 15 is 0 Å². The largest absolute Gasteiger partial charge is 0.479 e. The highest BCUT2D eigenvalue weighted by Crippen LogP contribution is 2.01. The van der Waals surface area contributed by atoms with Crippen LogP contribution in [0.3, 0.4) is 0 Å². The maximum atomic E-state index is 10.6. The predicted molar refractivity (Wildman–Crippen MR) is 39.3 cm³/mol. The van der Waals surface area contributed by atoms with E-state index in [1.54, 1.807) is 0 Å². The van der Waals surface area contributed by atoms with Crippen LogP contribution in [0.4, 0.5) is 0 Å². The predicted octanol–water partition coefficient (Wildman–Crippen LogP) is 0.163. The van der Waals surface area contributed by atoms with Gasteiger partial charge in [0.15, 0.2) is 11.9 Å². The van der Waals surface area contributed by atoms with Crippen LogP contribution in [-0.2, 0) is 19.1 Å². The Balaban J connectivity index is 4.01. The van der Waals surface area contributed by atoms with Crippen LogP contribution in [0.2, 0.25) is 0 Å². The molecule has 0 bridgehead atoms. The second-order valence-corrected chi connectivity index (χ2v) is 2.01. The zero-order valence-electron chi connectivity index (χ0n) is 6.86. The van der Waals surface area contributed by atoms with Gasteiger partial charge in [-0.3, -0.25) is 0 Å². The number of hydrogen-bond acceptors (Lipinski definition) is 4. The van der Waals surface area contributed by atoms with Crippen molar-refractivity contribution < 1.29 is 24.2 Å². The lowest BCUT2D eigenvalue weighted by Gasteiger charge is -2.10. The number of carbonyl (C=O) groups is 2. The Bertz CT molecular complexity index is 208. The summed E-state index contributed by atoms with van der Waals surface area (Å²) < 4.78 is 8.83. The van der Waals surface area contributed by atoms with Crippen molar-refractivity contribution in [2.75, 3.05) is 7.11 Å². The highest BCUT2D eigenvalue weighted by molar-refractivity contribution is 5.86. The first-order valence-corrected chi connectivity index (χ1v) is 3.15. The zero-order valence-corrected chi connectivity index (χ0v) is 6.86. The van der Waals surface area contributed by atoms with E-state index in [4.69, 9.17) is 5.11 Å². The molecule has 12 heavy (non-hydrogen) atoms. The van der Waals surface area contributed by atoms with Crippen molar-refractivity contribution in [1.82, 2.24) is 0 Å². The van der Waals surface area contributed by atoms with Gasteiger partial charge in [0.1, 0.15) is 0 Å². The van der Waals surface area contributed by atoms with Gasteiger partial charge in [-0.05, 0) is 13.5 Å². The second kappa shape index (κ2) is 4.38. The van der Waals surface area contributed by atoms with Crippen molar-refractivity contribution in [3.63, 3.8) is 0 Å². The van der Waals surface area contributed by atoms with Crippen molar-refractivity contribution in [3.8, 4) is 0 Å². The summed E-state index contributed by atoms with van der Waals surface area (Å²) in [5.41, 5.74) is 0. The SMILES string of the molecule is C=C(OC(C)C(=O)O)C(=O)OC. The number of hydrogen-bond donors (Lipinski definition) is 1. The smallest absolute Gasteiger partial charge is 0.372 e. The van der Waals surface area contributed by atoms with Gasteiger partial charge in [0.2, 0.25) is 0 Å². The van der Waals surface area contributed by atoms with E-state index in [9.17, 15) is 9.59 Å². The number of rotatable bonds is 4. The maximum absolute atomic E-state index is 10.6. The molecule has 1 unspecified atom stereocenters. The minimum absolute atomic E-state index is 0.313. The summed E-state index contributed by atoms with van der Waals surface area (Å²) in [4.78, 5) is 20.9. The van der Waals surface area contributed by atoms with Crippen LogP contribution in [0.5, 0.6) is 0 Å². The molecule has 0 saturated heterocycles. The Morgan fingerprint density at radius 3 is 2.33 bits per heavy atom. The quantitative estimate of drug-likeness (QED) is 0.373. The summed E-state index contributed by atoms with van der Waals surface area (Å²) in [6.07, 6.45) is -1.10. The summed E-state index contributed by atoms with van der Waals surface area (Å²) in [6, 6.07) is 0. The molecule has 0 amide bonds. The monoisotopic (exact) mass is 174 g/mol. The Hall–Kier alpha value is -1.52. The molecule has 68 valence electrons.